The van der Waals surface area contributed by atoms with Gasteiger partial charge in [0.15, 0.2) is 11.6 Å². The minimum atomic E-state index is -0.901. The Balaban J connectivity index is 1.95. The summed E-state index contributed by atoms with van der Waals surface area (Å²) in [6.45, 7) is 22.6. The second kappa shape index (κ2) is 16.0. The fourth-order valence-corrected chi connectivity index (χ4v) is 6.03. The van der Waals surface area contributed by atoms with Gasteiger partial charge in [0.05, 0.1) is 0 Å². The van der Waals surface area contributed by atoms with Gasteiger partial charge in [-0.25, -0.2) is 0 Å². The molecule has 0 radical (unpaired) electrons. The van der Waals surface area contributed by atoms with Crippen LogP contribution in [0.1, 0.15) is 89.0 Å². The van der Waals surface area contributed by atoms with Gasteiger partial charge in [-0.3, -0.25) is 9.59 Å². The minimum absolute atomic E-state index is 0.00475. The van der Waals surface area contributed by atoms with Crippen LogP contribution in [-0.4, -0.2) is 22.8 Å². The third kappa shape index (κ3) is 10.6. The molecule has 0 saturated heterocycles. The molecule has 0 unspecified atom stereocenters. The van der Waals surface area contributed by atoms with E-state index in [1.54, 1.807) is 6.92 Å². The van der Waals surface area contributed by atoms with Crippen LogP contribution in [0.4, 0.5) is 0 Å². The average Bonchev–Trinajstić information content (AvgIpc) is 2.92. The molecule has 2 rings (SSSR count). The molecule has 0 aromatic heterocycles. The van der Waals surface area contributed by atoms with Gasteiger partial charge in [-0.2, -0.15) is 0 Å². The lowest BCUT2D eigenvalue weighted by atomic mass is 9.68. The number of Topliss-reactive ketones (excluding diaryl/α,β-unsaturated/α-hetero) is 2. The Bertz CT molecular complexity index is 1340. The standard InChI is InChI=1S/C41H54O3/c1-28(18-14-20-30(3)22-24-35-33(6)38(43)32(5)26-40(35,8)9)16-12-13-17-29(2)19-15-21-31(4)23-25-36-34(7)39(44)37(42)27-41(36,10)11/h12-25,32,37,42H,26-27H2,1-11H3/b13-12+,18-14+,19-15+,24-22+,25-23+,28-16+,29-17+,30-20+,31-21+/t32-,37-/m1/s1. The molecule has 3 nitrogen and oxygen atoms in total. The summed E-state index contributed by atoms with van der Waals surface area (Å²) in [4.78, 5) is 24.7. The molecular formula is C41H54O3. The maximum atomic E-state index is 12.5. The summed E-state index contributed by atoms with van der Waals surface area (Å²) in [6, 6.07) is 0. The van der Waals surface area contributed by atoms with Gasteiger partial charge in [-0.1, -0.05) is 142 Å². The maximum Gasteiger partial charge on any atom is 0.187 e. The van der Waals surface area contributed by atoms with Crippen molar-refractivity contribution in [1.29, 1.82) is 0 Å². The Morgan fingerprint density at radius 1 is 0.614 bits per heavy atom. The normalized spacial score (nSPS) is 24.5. The van der Waals surface area contributed by atoms with Crippen molar-refractivity contribution in [3.05, 3.63) is 130 Å². The van der Waals surface area contributed by atoms with Gasteiger partial charge in [0.1, 0.15) is 6.10 Å². The molecule has 3 heteroatoms. The third-order valence-electron chi connectivity index (χ3n) is 8.57. The van der Waals surface area contributed by atoms with Crippen molar-refractivity contribution in [2.24, 2.45) is 16.7 Å². The number of allylic oxidation sites excluding steroid dienone is 21. The maximum absolute atomic E-state index is 12.5. The Hall–Kier alpha value is -3.56. The summed E-state index contributed by atoms with van der Waals surface area (Å²) in [5.74, 6) is 0.194. The highest BCUT2D eigenvalue weighted by Crippen LogP contribution is 2.42. The molecule has 44 heavy (non-hydrogen) atoms. The highest BCUT2D eigenvalue weighted by molar-refractivity contribution is 6.00. The molecule has 0 amide bonds. The number of aliphatic hydroxyl groups is 1. The number of hydrogen-bond donors (Lipinski definition) is 1. The lowest BCUT2D eigenvalue weighted by Gasteiger charge is -2.35. The van der Waals surface area contributed by atoms with Crippen LogP contribution < -0.4 is 0 Å². The van der Waals surface area contributed by atoms with E-state index in [1.165, 1.54) is 0 Å². The molecule has 2 aliphatic carbocycles. The second-order valence-electron chi connectivity index (χ2n) is 13.8. The Morgan fingerprint density at radius 3 is 1.43 bits per heavy atom. The van der Waals surface area contributed by atoms with Crippen LogP contribution in [0, 0.1) is 16.7 Å². The second-order valence-corrected chi connectivity index (χ2v) is 13.8. The highest BCUT2D eigenvalue weighted by atomic mass is 16.3. The van der Waals surface area contributed by atoms with Crippen molar-refractivity contribution in [1.82, 2.24) is 0 Å². The van der Waals surface area contributed by atoms with E-state index in [-0.39, 0.29) is 28.3 Å². The monoisotopic (exact) mass is 594 g/mol. The fraction of sp³-hybridized carbons (Fsp3) is 0.415. The summed E-state index contributed by atoms with van der Waals surface area (Å²) >= 11 is 0. The quantitative estimate of drug-likeness (QED) is 0.256. The van der Waals surface area contributed by atoms with E-state index in [1.807, 2.05) is 57.2 Å². The summed E-state index contributed by atoms with van der Waals surface area (Å²) in [6.07, 6.45) is 29.3. The molecule has 0 aromatic carbocycles. The first-order chi connectivity index (χ1) is 20.5. The highest BCUT2D eigenvalue weighted by Gasteiger charge is 2.37. The first kappa shape index (κ1) is 36.6. The van der Waals surface area contributed by atoms with Crippen molar-refractivity contribution in [3.8, 4) is 0 Å². The predicted octanol–water partition coefficient (Wildman–Crippen LogP) is 10.2. The molecular weight excluding hydrogens is 540 g/mol. The average molecular weight is 595 g/mol. The van der Waals surface area contributed by atoms with Crippen molar-refractivity contribution < 1.29 is 14.7 Å². The topological polar surface area (TPSA) is 54.4 Å². The fourth-order valence-electron chi connectivity index (χ4n) is 6.03. The molecule has 1 N–H and O–H groups in total. The van der Waals surface area contributed by atoms with Gasteiger partial charge in [0.25, 0.3) is 0 Å². The molecule has 2 atom stereocenters. The van der Waals surface area contributed by atoms with Crippen LogP contribution in [0.2, 0.25) is 0 Å². The largest absolute Gasteiger partial charge is 0.385 e. The van der Waals surface area contributed by atoms with Crippen molar-refractivity contribution in [3.63, 3.8) is 0 Å². The lowest BCUT2D eigenvalue weighted by Crippen LogP contribution is -2.35. The molecule has 0 heterocycles. The van der Waals surface area contributed by atoms with Gasteiger partial charge in [-0.15, -0.1) is 0 Å². The van der Waals surface area contributed by atoms with Crippen LogP contribution in [-0.2, 0) is 9.59 Å². The van der Waals surface area contributed by atoms with Gasteiger partial charge in [0.2, 0.25) is 0 Å². The van der Waals surface area contributed by atoms with Crippen LogP contribution in [0.3, 0.4) is 0 Å². The molecule has 0 saturated carbocycles. The van der Waals surface area contributed by atoms with E-state index in [9.17, 15) is 14.7 Å². The SMILES string of the molecule is CC1=C(/C=C/C(C)=C/C=C/C(C)=C/C=C/C=C(C)/C=C/C=C(C)/C=C/C2=C(C)C(=O)[C@H](O)CC2(C)C)C(C)(C)C[C@@H](C)C1=O. The molecule has 2 aliphatic rings. The number of rotatable bonds is 10. The summed E-state index contributed by atoms with van der Waals surface area (Å²) in [5.41, 5.74) is 7.95. The van der Waals surface area contributed by atoms with Crippen molar-refractivity contribution in [2.75, 3.05) is 0 Å². The van der Waals surface area contributed by atoms with Crippen LogP contribution in [0.15, 0.2) is 130 Å². The molecule has 0 bridgehead atoms. The summed E-state index contributed by atoms with van der Waals surface area (Å²) in [5, 5.41) is 10.0. The lowest BCUT2D eigenvalue weighted by molar-refractivity contribution is -0.125. The van der Waals surface area contributed by atoms with Gasteiger partial charge in [-0.05, 0) is 87.5 Å². The zero-order valence-electron chi connectivity index (χ0n) is 28.9. The Kier molecular flexibility index (Phi) is 13.3. The summed E-state index contributed by atoms with van der Waals surface area (Å²) in [7, 11) is 0. The van der Waals surface area contributed by atoms with E-state index in [2.05, 4.69) is 97.1 Å². The van der Waals surface area contributed by atoms with Gasteiger partial charge >= 0.3 is 0 Å². The van der Waals surface area contributed by atoms with E-state index < -0.39 is 6.10 Å². The molecule has 236 valence electrons. The minimum Gasteiger partial charge on any atom is -0.385 e. The van der Waals surface area contributed by atoms with Crippen LogP contribution in [0.5, 0.6) is 0 Å². The van der Waals surface area contributed by atoms with E-state index in [0.29, 0.717) is 12.0 Å². The van der Waals surface area contributed by atoms with Crippen LogP contribution >= 0.6 is 0 Å². The molecule has 0 aromatic rings. The number of hydrogen-bond acceptors (Lipinski definition) is 3. The molecule has 0 fully saturated rings. The molecule has 0 spiro atoms. The third-order valence-corrected chi connectivity index (χ3v) is 8.57. The van der Waals surface area contributed by atoms with Gasteiger partial charge in [0, 0.05) is 5.92 Å². The van der Waals surface area contributed by atoms with E-state index in [0.717, 1.165) is 45.4 Å². The number of carbonyl (C=O) groups is 2. The van der Waals surface area contributed by atoms with Crippen molar-refractivity contribution >= 4 is 11.6 Å². The summed E-state index contributed by atoms with van der Waals surface area (Å²) < 4.78 is 0. The number of aliphatic hydroxyl groups excluding tert-OH is 1. The zero-order valence-corrected chi connectivity index (χ0v) is 28.9. The first-order valence-electron chi connectivity index (χ1n) is 15.7. The van der Waals surface area contributed by atoms with Crippen LogP contribution in [0.25, 0.3) is 0 Å². The zero-order chi connectivity index (χ0) is 33.2. The first-order valence-corrected chi connectivity index (χ1v) is 15.7. The molecule has 0 aliphatic heterocycles. The number of carbonyl (C=O) groups excluding carboxylic acids is 2. The smallest absolute Gasteiger partial charge is 0.187 e. The Labute approximate surface area is 267 Å². The van der Waals surface area contributed by atoms with E-state index in [4.69, 9.17) is 0 Å². The van der Waals surface area contributed by atoms with E-state index >= 15 is 0 Å². The van der Waals surface area contributed by atoms with Gasteiger partial charge < -0.3 is 5.11 Å². The number of ketones is 2. The predicted molar refractivity (Wildman–Crippen MR) is 188 cm³/mol. The Morgan fingerprint density at radius 2 is 0.977 bits per heavy atom. The van der Waals surface area contributed by atoms with Crippen molar-refractivity contribution in [2.45, 2.75) is 95.1 Å².